The van der Waals surface area contributed by atoms with Crippen LogP contribution in [-0.4, -0.2) is 27.5 Å². The number of aromatic nitrogens is 2. The zero-order valence-electron chi connectivity index (χ0n) is 19.4. The quantitative estimate of drug-likeness (QED) is 0.411. The van der Waals surface area contributed by atoms with Gasteiger partial charge in [-0.05, 0) is 43.0 Å². The smallest absolute Gasteiger partial charge is 0.237 e. The molecule has 0 aliphatic rings. The Balaban J connectivity index is 0.00000218. The summed E-state index contributed by atoms with van der Waals surface area (Å²) in [6, 6.07) is 6.32. The van der Waals surface area contributed by atoms with E-state index in [9.17, 15) is 8.60 Å². The summed E-state index contributed by atoms with van der Waals surface area (Å²) in [5.74, 6) is 0.285. The Labute approximate surface area is 184 Å². The zero-order chi connectivity index (χ0) is 22.7. The molecule has 0 amide bonds. The van der Waals surface area contributed by atoms with Gasteiger partial charge in [0.15, 0.2) is 0 Å². The molecule has 0 N–H and O–H groups in total. The average Bonchev–Trinajstić information content (AvgIpc) is 2.74. The molecule has 166 valence electrons. The van der Waals surface area contributed by atoms with Crippen LogP contribution in [0.5, 0.6) is 0 Å². The summed E-state index contributed by atoms with van der Waals surface area (Å²) in [4.78, 5) is 9.41. The number of benzene rings is 1. The lowest BCUT2D eigenvalue weighted by molar-refractivity contribution is 0.628. The minimum atomic E-state index is -1.24. The van der Waals surface area contributed by atoms with Gasteiger partial charge >= 0.3 is 0 Å². The van der Waals surface area contributed by atoms with Crippen LogP contribution in [0.2, 0.25) is 0 Å². The van der Waals surface area contributed by atoms with Crippen molar-refractivity contribution in [1.82, 2.24) is 9.97 Å². The van der Waals surface area contributed by atoms with Gasteiger partial charge in [0.05, 0.1) is 11.4 Å². The van der Waals surface area contributed by atoms with E-state index in [1.54, 1.807) is 29.7 Å². The SMILES string of the molecule is CC.CCCCC/C=C/c1c(-c2ccc(F)cc2)nc(N(C)S(C)=O)nc1C(C)C. The third-order valence-corrected chi connectivity index (χ3v) is 5.49. The first-order valence-corrected chi connectivity index (χ1v) is 12.3. The number of nitrogens with zero attached hydrogens (tertiary/aromatic N) is 3. The van der Waals surface area contributed by atoms with Crippen LogP contribution in [0.4, 0.5) is 10.3 Å². The van der Waals surface area contributed by atoms with Crippen molar-refractivity contribution in [2.24, 2.45) is 0 Å². The first-order valence-electron chi connectivity index (χ1n) is 10.8. The van der Waals surface area contributed by atoms with Crippen molar-refractivity contribution in [3.05, 3.63) is 47.4 Å². The molecule has 0 saturated carbocycles. The number of unbranched alkanes of at least 4 members (excludes halogenated alkanes) is 3. The minimum Gasteiger partial charge on any atom is -0.263 e. The van der Waals surface area contributed by atoms with Crippen molar-refractivity contribution in [3.63, 3.8) is 0 Å². The Bertz CT molecular complexity index is 835. The maximum atomic E-state index is 13.4. The summed E-state index contributed by atoms with van der Waals surface area (Å²) in [6.07, 6.45) is 10.4. The topological polar surface area (TPSA) is 46.1 Å². The Kier molecular flexibility index (Phi) is 11.5. The van der Waals surface area contributed by atoms with Crippen LogP contribution in [0.25, 0.3) is 17.3 Å². The summed E-state index contributed by atoms with van der Waals surface area (Å²) in [5, 5.41) is 0. The van der Waals surface area contributed by atoms with Crippen molar-refractivity contribution >= 4 is 23.0 Å². The van der Waals surface area contributed by atoms with Crippen LogP contribution in [0.15, 0.2) is 30.3 Å². The number of hydrogen-bond acceptors (Lipinski definition) is 3. The standard InChI is InChI=1S/C22H30FN3OS.C2H6/c1-6-7-8-9-10-11-19-20(16(2)3)24-22(26(4)28(5)27)25-21(19)17-12-14-18(23)15-13-17;1-2/h10-16H,6-9H2,1-5H3;1-2H3/b11-10+;. The molecule has 0 fully saturated rings. The van der Waals surface area contributed by atoms with Crippen LogP contribution < -0.4 is 4.31 Å². The third kappa shape index (κ3) is 7.31. The molecular formula is C24H36FN3OS. The van der Waals surface area contributed by atoms with E-state index in [1.807, 2.05) is 13.8 Å². The molecule has 2 rings (SSSR count). The summed E-state index contributed by atoms with van der Waals surface area (Å²) in [5.41, 5.74) is 3.39. The molecule has 0 spiro atoms. The van der Waals surface area contributed by atoms with Crippen LogP contribution in [0.1, 0.15) is 77.5 Å². The highest BCUT2D eigenvalue weighted by atomic mass is 32.2. The fraction of sp³-hybridized carbons (Fsp3) is 0.500. The highest BCUT2D eigenvalue weighted by molar-refractivity contribution is 7.85. The van der Waals surface area contributed by atoms with E-state index in [4.69, 9.17) is 9.97 Å². The van der Waals surface area contributed by atoms with Crippen molar-refractivity contribution < 1.29 is 8.60 Å². The normalized spacial score (nSPS) is 12.0. The fourth-order valence-electron chi connectivity index (χ4n) is 2.88. The molecule has 0 aliphatic carbocycles. The Morgan fingerprint density at radius 3 is 2.30 bits per heavy atom. The van der Waals surface area contributed by atoms with E-state index in [0.717, 1.165) is 35.4 Å². The summed E-state index contributed by atoms with van der Waals surface area (Å²) in [6.45, 7) is 10.4. The Hall–Kier alpha value is -2.08. The van der Waals surface area contributed by atoms with Gasteiger partial charge in [-0.15, -0.1) is 0 Å². The van der Waals surface area contributed by atoms with E-state index >= 15 is 0 Å². The van der Waals surface area contributed by atoms with Gasteiger partial charge in [-0.25, -0.2) is 18.6 Å². The molecule has 1 aromatic carbocycles. The van der Waals surface area contributed by atoms with E-state index in [-0.39, 0.29) is 11.7 Å². The maximum absolute atomic E-state index is 13.4. The number of hydrogen-bond donors (Lipinski definition) is 0. The van der Waals surface area contributed by atoms with Gasteiger partial charge in [-0.3, -0.25) is 4.31 Å². The lowest BCUT2D eigenvalue weighted by Gasteiger charge is -2.20. The molecule has 0 radical (unpaired) electrons. The molecule has 6 heteroatoms. The van der Waals surface area contributed by atoms with E-state index < -0.39 is 11.0 Å². The fourth-order valence-corrected chi connectivity index (χ4v) is 3.19. The monoisotopic (exact) mass is 433 g/mol. The number of halogens is 1. The van der Waals surface area contributed by atoms with E-state index in [2.05, 4.69) is 32.9 Å². The predicted octanol–water partition coefficient (Wildman–Crippen LogP) is 6.76. The molecule has 1 aromatic heterocycles. The number of rotatable bonds is 9. The highest BCUT2D eigenvalue weighted by Gasteiger charge is 2.19. The molecule has 0 bridgehead atoms. The molecule has 0 aliphatic heterocycles. The van der Waals surface area contributed by atoms with Gasteiger partial charge in [-0.2, -0.15) is 0 Å². The van der Waals surface area contributed by atoms with Crippen molar-refractivity contribution in [1.29, 1.82) is 0 Å². The Morgan fingerprint density at radius 1 is 1.13 bits per heavy atom. The second-order valence-corrected chi connectivity index (χ2v) is 8.55. The number of anilines is 1. The second-order valence-electron chi connectivity index (χ2n) is 7.15. The summed E-state index contributed by atoms with van der Waals surface area (Å²) < 4.78 is 27.0. The van der Waals surface area contributed by atoms with Gasteiger partial charge < -0.3 is 0 Å². The van der Waals surface area contributed by atoms with Gasteiger partial charge in [-0.1, -0.05) is 59.6 Å². The van der Waals surface area contributed by atoms with Gasteiger partial charge in [0.25, 0.3) is 0 Å². The second kappa shape index (κ2) is 13.3. The molecule has 1 heterocycles. The van der Waals surface area contributed by atoms with Crippen molar-refractivity contribution in [2.75, 3.05) is 17.6 Å². The van der Waals surface area contributed by atoms with Gasteiger partial charge in [0, 0.05) is 24.4 Å². The molecule has 4 nitrogen and oxygen atoms in total. The molecule has 30 heavy (non-hydrogen) atoms. The van der Waals surface area contributed by atoms with Crippen molar-refractivity contribution in [3.8, 4) is 11.3 Å². The first-order chi connectivity index (χ1) is 14.3. The maximum Gasteiger partial charge on any atom is 0.237 e. The van der Waals surface area contributed by atoms with Crippen LogP contribution in [0, 0.1) is 5.82 Å². The van der Waals surface area contributed by atoms with E-state index in [1.165, 1.54) is 25.0 Å². The summed E-state index contributed by atoms with van der Waals surface area (Å²) in [7, 11) is 0.476. The average molecular weight is 434 g/mol. The largest absolute Gasteiger partial charge is 0.263 e. The number of allylic oxidation sites excluding steroid dienone is 1. The minimum absolute atomic E-state index is 0.162. The third-order valence-electron chi connectivity index (χ3n) is 4.55. The first kappa shape index (κ1) is 26.0. The molecular weight excluding hydrogens is 397 g/mol. The highest BCUT2D eigenvalue weighted by Crippen LogP contribution is 2.31. The van der Waals surface area contributed by atoms with E-state index in [0.29, 0.717) is 5.95 Å². The van der Waals surface area contributed by atoms with Crippen LogP contribution in [-0.2, 0) is 11.0 Å². The van der Waals surface area contributed by atoms with Gasteiger partial charge in [0.1, 0.15) is 16.8 Å². The zero-order valence-corrected chi connectivity index (χ0v) is 20.2. The van der Waals surface area contributed by atoms with Crippen molar-refractivity contribution in [2.45, 2.75) is 66.2 Å². The molecule has 0 saturated heterocycles. The lowest BCUT2D eigenvalue weighted by atomic mass is 9.97. The lowest BCUT2D eigenvalue weighted by Crippen LogP contribution is -2.22. The van der Waals surface area contributed by atoms with Crippen LogP contribution in [0.3, 0.4) is 0 Å². The van der Waals surface area contributed by atoms with Gasteiger partial charge in [0.2, 0.25) is 5.95 Å². The molecule has 1 unspecified atom stereocenters. The predicted molar refractivity (Wildman–Crippen MR) is 129 cm³/mol. The summed E-state index contributed by atoms with van der Waals surface area (Å²) >= 11 is 0. The molecule has 2 aromatic rings. The molecule has 1 atom stereocenters. The van der Waals surface area contributed by atoms with Crippen LogP contribution >= 0.6 is 0 Å². The Morgan fingerprint density at radius 2 is 1.77 bits per heavy atom.